The van der Waals surface area contributed by atoms with Gasteiger partial charge in [0.1, 0.15) is 5.82 Å². The highest BCUT2D eigenvalue weighted by Gasteiger charge is 2.16. The summed E-state index contributed by atoms with van der Waals surface area (Å²) >= 11 is 0. The van der Waals surface area contributed by atoms with Gasteiger partial charge in [-0.1, -0.05) is 0 Å². The fourth-order valence-electron chi connectivity index (χ4n) is 2.49. The average Bonchev–Trinajstić information content (AvgIpc) is 3.01. The fraction of sp³-hybridized carbons (Fsp3) is 0.562. The minimum Gasteiger partial charge on any atom is -0.382 e. The lowest BCUT2D eigenvalue weighted by atomic mass is 10.2. The van der Waals surface area contributed by atoms with Crippen molar-refractivity contribution in [3.63, 3.8) is 0 Å². The van der Waals surface area contributed by atoms with Crippen LogP contribution in [0, 0.1) is 5.82 Å². The quantitative estimate of drug-likeness (QED) is 0.761. The molecule has 0 unspecified atom stereocenters. The lowest BCUT2D eigenvalue weighted by molar-refractivity contribution is 0.145. The first-order chi connectivity index (χ1) is 10.7. The van der Waals surface area contributed by atoms with Crippen molar-refractivity contribution in [1.82, 2.24) is 5.32 Å². The van der Waals surface area contributed by atoms with Gasteiger partial charge in [-0.05, 0) is 44.4 Å². The SMILES string of the molecule is CCOCCCNC(=O)Nc1ccc(N2CCCC2)c(F)c1. The highest BCUT2D eigenvalue weighted by atomic mass is 19.1. The van der Waals surface area contributed by atoms with E-state index in [0.29, 0.717) is 31.1 Å². The van der Waals surface area contributed by atoms with Crippen LogP contribution in [0.3, 0.4) is 0 Å². The summed E-state index contributed by atoms with van der Waals surface area (Å²) in [7, 11) is 0. The number of nitrogens with zero attached hydrogens (tertiary/aromatic N) is 1. The first kappa shape index (κ1) is 16.5. The summed E-state index contributed by atoms with van der Waals surface area (Å²) < 4.78 is 19.3. The zero-order valence-corrected chi connectivity index (χ0v) is 13.0. The van der Waals surface area contributed by atoms with E-state index in [1.165, 1.54) is 6.07 Å². The molecule has 0 atom stereocenters. The van der Waals surface area contributed by atoms with E-state index in [1.54, 1.807) is 12.1 Å². The summed E-state index contributed by atoms with van der Waals surface area (Å²) in [4.78, 5) is 13.7. The van der Waals surface area contributed by atoms with Crippen molar-refractivity contribution < 1.29 is 13.9 Å². The summed E-state index contributed by atoms with van der Waals surface area (Å²) in [6.45, 7) is 5.54. The van der Waals surface area contributed by atoms with Crippen LogP contribution in [-0.2, 0) is 4.74 Å². The van der Waals surface area contributed by atoms with Crippen LogP contribution in [-0.4, -0.2) is 38.9 Å². The fourth-order valence-corrected chi connectivity index (χ4v) is 2.49. The van der Waals surface area contributed by atoms with E-state index in [-0.39, 0.29) is 11.8 Å². The van der Waals surface area contributed by atoms with E-state index in [1.807, 2.05) is 11.8 Å². The molecular formula is C16H24FN3O2. The molecule has 1 saturated heterocycles. The number of amides is 2. The maximum atomic E-state index is 14.1. The largest absolute Gasteiger partial charge is 0.382 e. The Bertz CT molecular complexity index is 490. The van der Waals surface area contributed by atoms with Crippen molar-refractivity contribution in [3.05, 3.63) is 24.0 Å². The lowest BCUT2D eigenvalue weighted by Gasteiger charge is -2.18. The number of urea groups is 1. The number of carbonyl (C=O) groups is 1. The van der Waals surface area contributed by atoms with Crippen LogP contribution in [0.25, 0.3) is 0 Å². The Morgan fingerprint density at radius 3 is 2.82 bits per heavy atom. The Labute approximate surface area is 130 Å². The minimum atomic E-state index is -0.329. The summed E-state index contributed by atoms with van der Waals surface area (Å²) in [5.41, 5.74) is 1.07. The molecule has 2 rings (SSSR count). The number of benzene rings is 1. The third-order valence-corrected chi connectivity index (χ3v) is 3.61. The van der Waals surface area contributed by atoms with Crippen LogP contribution in [0.2, 0.25) is 0 Å². The molecule has 0 bridgehead atoms. The summed E-state index contributed by atoms with van der Waals surface area (Å²) in [5.74, 6) is -0.295. The second-order valence-electron chi connectivity index (χ2n) is 5.29. The van der Waals surface area contributed by atoms with E-state index in [2.05, 4.69) is 10.6 Å². The Kier molecular flexibility index (Phi) is 6.45. The van der Waals surface area contributed by atoms with Gasteiger partial charge in [0.15, 0.2) is 0 Å². The van der Waals surface area contributed by atoms with Crippen molar-refractivity contribution in [2.75, 3.05) is 43.1 Å². The molecule has 0 aromatic heterocycles. The van der Waals surface area contributed by atoms with E-state index in [4.69, 9.17) is 4.74 Å². The highest BCUT2D eigenvalue weighted by Crippen LogP contribution is 2.25. The molecule has 1 aromatic rings. The van der Waals surface area contributed by atoms with Gasteiger partial charge in [0.05, 0.1) is 5.69 Å². The summed E-state index contributed by atoms with van der Waals surface area (Å²) in [5, 5.41) is 5.36. The molecule has 22 heavy (non-hydrogen) atoms. The van der Waals surface area contributed by atoms with Crippen molar-refractivity contribution >= 4 is 17.4 Å². The van der Waals surface area contributed by atoms with Gasteiger partial charge in [0.2, 0.25) is 0 Å². The van der Waals surface area contributed by atoms with Gasteiger partial charge in [-0.15, -0.1) is 0 Å². The van der Waals surface area contributed by atoms with Crippen molar-refractivity contribution in [2.24, 2.45) is 0 Å². The molecular weight excluding hydrogens is 285 g/mol. The molecule has 0 radical (unpaired) electrons. The van der Waals surface area contributed by atoms with Crippen LogP contribution in [0.4, 0.5) is 20.6 Å². The third kappa shape index (κ3) is 4.87. The Morgan fingerprint density at radius 1 is 1.36 bits per heavy atom. The normalized spacial score (nSPS) is 14.2. The second-order valence-corrected chi connectivity index (χ2v) is 5.29. The van der Waals surface area contributed by atoms with Gasteiger partial charge < -0.3 is 20.3 Å². The van der Waals surface area contributed by atoms with Crippen molar-refractivity contribution in [3.8, 4) is 0 Å². The molecule has 5 nitrogen and oxygen atoms in total. The maximum Gasteiger partial charge on any atom is 0.319 e. The average molecular weight is 309 g/mol. The number of rotatable bonds is 7. The molecule has 0 spiro atoms. The molecule has 1 heterocycles. The first-order valence-corrected chi connectivity index (χ1v) is 7.88. The van der Waals surface area contributed by atoms with E-state index < -0.39 is 0 Å². The number of anilines is 2. The topological polar surface area (TPSA) is 53.6 Å². The van der Waals surface area contributed by atoms with Gasteiger partial charge in [-0.2, -0.15) is 0 Å². The highest BCUT2D eigenvalue weighted by molar-refractivity contribution is 5.89. The van der Waals surface area contributed by atoms with Gasteiger partial charge in [-0.3, -0.25) is 0 Å². The van der Waals surface area contributed by atoms with Crippen LogP contribution in [0.15, 0.2) is 18.2 Å². The smallest absolute Gasteiger partial charge is 0.319 e. The van der Waals surface area contributed by atoms with E-state index in [0.717, 1.165) is 32.4 Å². The van der Waals surface area contributed by atoms with Crippen LogP contribution >= 0.6 is 0 Å². The monoisotopic (exact) mass is 309 g/mol. The number of ether oxygens (including phenoxy) is 1. The maximum absolute atomic E-state index is 14.1. The van der Waals surface area contributed by atoms with Crippen molar-refractivity contribution in [2.45, 2.75) is 26.2 Å². The number of hydrogen-bond donors (Lipinski definition) is 2. The Morgan fingerprint density at radius 2 is 2.14 bits per heavy atom. The molecule has 1 fully saturated rings. The Hall–Kier alpha value is -1.82. The number of halogens is 1. The first-order valence-electron chi connectivity index (χ1n) is 7.88. The molecule has 0 aliphatic carbocycles. The summed E-state index contributed by atoms with van der Waals surface area (Å²) in [6, 6.07) is 4.50. The zero-order valence-electron chi connectivity index (χ0n) is 13.0. The van der Waals surface area contributed by atoms with Gasteiger partial charge >= 0.3 is 6.03 Å². The molecule has 122 valence electrons. The minimum absolute atomic E-state index is 0.295. The number of nitrogens with one attached hydrogen (secondary N) is 2. The third-order valence-electron chi connectivity index (χ3n) is 3.61. The summed E-state index contributed by atoms with van der Waals surface area (Å²) in [6.07, 6.45) is 2.96. The van der Waals surface area contributed by atoms with Crippen LogP contribution < -0.4 is 15.5 Å². The Balaban J connectivity index is 1.80. The molecule has 0 saturated carbocycles. The van der Waals surface area contributed by atoms with Gasteiger partial charge in [0, 0.05) is 38.5 Å². The lowest BCUT2D eigenvalue weighted by Crippen LogP contribution is -2.30. The van der Waals surface area contributed by atoms with E-state index >= 15 is 0 Å². The van der Waals surface area contributed by atoms with Gasteiger partial charge in [0.25, 0.3) is 0 Å². The van der Waals surface area contributed by atoms with Crippen LogP contribution in [0.1, 0.15) is 26.2 Å². The predicted octanol–water partition coefficient (Wildman–Crippen LogP) is 2.97. The molecule has 6 heteroatoms. The predicted molar refractivity (Wildman–Crippen MR) is 86.0 cm³/mol. The number of carbonyl (C=O) groups excluding carboxylic acids is 1. The zero-order chi connectivity index (χ0) is 15.8. The van der Waals surface area contributed by atoms with Crippen molar-refractivity contribution in [1.29, 1.82) is 0 Å². The second kappa shape index (κ2) is 8.58. The molecule has 1 aliphatic rings. The van der Waals surface area contributed by atoms with Crippen LogP contribution in [0.5, 0.6) is 0 Å². The molecule has 1 aliphatic heterocycles. The number of hydrogen-bond acceptors (Lipinski definition) is 3. The molecule has 1 aromatic carbocycles. The molecule has 2 N–H and O–H groups in total. The molecule has 2 amide bonds. The van der Waals surface area contributed by atoms with Gasteiger partial charge in [-0.25, -0.2) is 9.18 Å². The van der Waals surface area contributed by atoms with E-state index in [9.17, 15) is 9.18 Å². The standard InChI is InChI=1S/C16H24FN3O2/c1-2-22-11-5-8-18-16(21)19-13-6-7-15(14(17)12-13)20-9-3-4-10-20/h6-7,12H,2-5,8-11H2,1H3,(H2,18,19,21).